The molecule has 0 spiro atoms. The molecule has 0 radical (unpaired) electrons. The summed E-state index contributed by atoms with van der Waals surface area (Å²) in [6.07, 6.45) is 5.55. The van der Waals surface area contributed by atoms with Crippen LogP contribution in [0.4, 0.5) is 0 Å². The van der Waals surface area contributed by atoms with Crippen molar-refractivity contribution in [1.29, 1.82) is 0 Å². The zero-order valence-electron chi connectivity index (χ0n) is 7.34. The fraction of sp³-hybridized carbons (Fsp3) is 1.00. The molecule has 0 aliphatic heterocycles. The zero-order valence-corrected chi connectivity index (χ0v) is 7.34. The third-order valence-electron chi connectivity index (χ3n) is 2.69. The number of aliphatic hydroxyl groups excluding tert-OH is 1. The van der Waals surface area contributed by atoms with Gasteiger partial charge in [-0.15, -0.1) is 0 Å². The lowest BCUT2D eigenvalue weighted by Gasteiger charge is -2.19. The molecule has 11 heavy (non-hydrogen) atoms. The molecule has 0 aromatic heterocycles. The fourth-order valence-corrected chi connectivity index (χ4v) is 1.92. The van der Waals surface area contributed by atoms with E-state index in [-0.39, 0.29) is 6.61 Å². The Bertz CT molecular complexity index is 99.7. The SMILES string of the molecule is C[C@@H](NCCO)C1CCCC1. The van der Waals surface area contributed by atoms with Crippen molar-refractivity contribution < 1.29 is 5.11 Å². The predicted octanol–water partition coefficient (Wildman–Crippen LogP) is 1.15. The second-order valence-corrected chi connectivity index (χ2v) is 3.51. The van der Waals surface area contributed by atoms with E-state index in [2.05, 4.69) is 12.2 Å². The van der Waals surface area contributed by atoms with Crippen molar-refractivity contribution >= 4 is 0 Å². The van der Waals surface area contributed by atoms with Gasteiger partial charge in [0.05, 0.1) is 6.61 Å². The molecule has 1 aliphatic rings. The largest absolute Gasteiger partial charge is 0.395 e. The minimum atomic E-state index is 0.261. The summed E-state index contributed by atoms with van der Waals surface area (Å²) in [6, 6.07) is 0.602. The minimum Gasteiger partial charge on any atom is -0.395 e. The molecule has 0 aromatic carbocycles. The smallest absolute Gasteiger partial charge is 0.0556 e. The highest BCUT2D eigenvalue weighted by atomic mass is 16.3. The van der Waals surface area contributed by atoms with Gasteiger partial charge in [0.25, 0.3) is 0 Å². The molecular formula is C9H19NO. The second kappa shape index (κ2) is 4.73. The fourth-order valence-electron chi connectivity index (χ4n) is 1.92. The van der Waals surface area contributed by atoms with Crippen molar-refractivity contribution in [1.82, 2.24) is 5.32 Å². The Morgan fingerprint density at radius 3 is 2.64 bits per heavy atom. The second-order valence-electron chi connectivity index (χ2n) is 3.51. The van der Waals surface area contributed by atoms with Crippen LogP contribution in [0.15, 0.2) is 0 Å². The highest BCUT2D eigenvalue weighted by Crippen LogP contribution is 2.27. The molecule has 1 aliphatic carbocycles. The summed E-state index contributed by atoms with van der Waals surface area (Å²) in [7, 11) is 0. The molecule has 1 rings (SSSR count). The summed E-state index contributed by atoms with van der Waals surface area (Å²) < 4.78 is 0. The number of nitrogens with one attached hydrogen (secondary N) is 1. The first-order valence-electron chi connectivity index (χ1n) is 4.69. The van der Waals surface area contributed by atoms with Gasteiger partial charge in [-0.3, -0.25) is 0 Å². The summed E-state index contributed by atoms with van der Waals surface area (Å²) in [5.41, 5.74) is 0. The van der Waals surface area contributed by atoms with Gasteiger partial charge in [-0.1, -0.05) is 12.8 Å². The molecule has 0 unspecified atom stereocenters. The van der Waals surface area contributed by atoms with E-state index in [0.29, 0.717) is 6.04 Å². The van der Waals surface area contributed by atoms with Crippen molar-refractivity contribution in [3.63, 3.8) is 0 Å². The maximum absolute atomic E-state index is 8.60. The van der Waals surface area contributed by atoms with Gasteiger partial charge in [0, 0.05) is 12.6 Å². The molecule has 2 nitrogen and oxygen atoms in total. The molecule has 0 bridgehead atoms. The summed E-state index contributed by atoms with van der Waals surface area (Å²) in [5, 5.41) is 11.9. The number of hydrogen-bond acceptors (Lipinski definition) is 2. The average Bonchev–Trinajstić information content (AvgIpc) is 2.52. The Kier molecular flexibility index (Phi) is 3.87. The van der Waals surface area contributed by atoms with E-state index in [1.807, 2.05) is 0 Å². The third kappa shape index (κ3) is 2.80. The van der Waals surface area contributed by atoms with Crippen molar-refractivity contribution in [3.8, 4) is 0 Å². The van der Waals surface area contributed by atoms with Crippen LogP contribution >= 0.6 is 0 Å². The Balaban J connectivity index is 2.12. The van der Waals surface area contributed by atoms with Crippen molar-refractivity contribution in [2.24, 2.45) is 5.92 Å². The van der Waals surface area contributed by atoms with E-state index in [4.69, 9.17) is 5.11 Å². The Hall–Kier alpha value is -0.0800. The molecule has 66 valence electrons. The highest BCUT2D eigenvalue weighted by molar-refractivity contribution is 4.76. The first-order chi connectivity index (χ1) is 5.34. The van der Waals surface area contributed by atoms with Crippen LogP contribution in [0.5, 0.6) is 0 Å². The lowest BCUT2D eigenvalue weighted by molar-refractivity contribution is 0.272. The summed E-state index contributed by atoms with van der Waals surface area (Å²) >= 11 is 0. The lowest BCUT2D eigenvalue weighted by atomic mass is 10.00. The molecule has 1 fully saturated rings. The molecule has 0 aromatic rings. The summed E-state index contributed by atoms with van der Waals surface area (Å²) in [5.74, 6) is 0.863. The van der Waals surface area contributed by atoms with Crippen LogP contribution < -0.4 is 5.32 Å². The van der Waals surface area contributed by atoms with Gasteiger partial charge in [-0.05, 0) is 25.7 Å². The normalized spacial score (nSPS) is 22.4. The molecular weight excluding hydrogens is 138 g/mol. The quantitative estimate of drug-likeness (QED) is 0.641. The van der Waals surface area contributed by atoms with Gasteiger partial charge >= 0.3 is 0 Å². The lowest BCUT2D eigenvalue weighted by Crippen LogP contribution is -2.34. The Morgan fingerprint density at radius 2 is 2.09 bits per heavy atom. The number of aliphatic hydroxyl groups is 1. The summed E-state index contributed by atoms with van der Waals surface area (Å²) in [6.45, 7) is 3.24. The van der Waals surface area contributed by atoms with E-state index in [1.165, 1.54) is 25.7 Å². The van der Waals surface area contributed by atoms with E-state index in [9.17, 15) is 0 Å². The van der Waals surface area contributed by atoms with Gasteiger partial charge < -0.3 is 10.4 Å². The highest BCUT2D eigenvalue weighted by Gasteiger charge is 2.20. The van der Waals surface area contributed by atoms with Crippen molar-refractivity contribution in [2.75, 3.05) is 13.2 Å². The first-order valence-corrected chi connectivity index (χ1v) is 4.69. The molecule has 0 amide bonds. The topological polar surface area (TPSA) is 32.3 Å². The Labute approximate surface area is 69.0 Å². The van der Waals surface area contributed by atoms with Crippen LogP contribution in [0.2, 0.25) is 0 Å². The van der Waals surface area contributed by atoms with E-state index in [0.717, 1.165) is 12.5 Å². The molecule has 2 N–H and O–H groups in total. The molecule has 1 saturated carbocycles. The van der Waals surface area contributed by atoms with E-state index in [1.54, 1.807) is 0 Å². The maximum Gasteiger partial charge on any atom is 0.0556 e. The van der Waals surface area contributed by atoms with E-state index < -0.39 is 0 Å². The average molecular weight is 157 g/mol. The van der Waals surface area contributed by atoms with Crippen LogP contribution in [0, 0.1) is 5.92 Å². The van der Waals surface area contributed by atoms with Crippen LogP contribution in [0.3, 0.4) is 0 Å². The third-order valence-corrected chi connectivity index (χ3v) is 2.69. The monoisotopic (exact) mass is 157 g/mol. The molecule has 2 heteroatoms. The predicted molar refractivity (Wildman–Crippen MR) is 46.5 cm³/mol. The maximum atomic E-state index is 8.60. The molecule has 1 atom stereocenters. The minimum absolute atomic E-state index is 0.261. The van der Waals surface area contributed by atoms with Crippen LogP contribution in [-0.4, -0.2) is 24.3 Å². The molecule has 0 saturated heterocycles. The van der Waals surface area contributed by atoms with E-state index >= 15 is 0 Å². The van der Waals surface area contributed by atoms with Gasteiger partial charge in [0.1, 0.15) is 0 Å². The van der Waals surface area contributed by atoms with Crippen molar-refractivity contribution in [3.05, 3.63) is 0 Å². The first kappa shape index (κ1) is 9.01. The zero-order chi connectivity index (χ0) is 8.10. The standard InChI is InChI=1S/C9H19NO/c1-8(10-6-7-11)9-4-2-3-5-9/h8-11H,2-7H2,1H3/t8-/m1/s1. The van der Waals surface area contributed by atoms with Gasteiger partial charge in [-0.2, -0.15) is 0 Å². The molecule has 0 heterocycles. The number of hydrogen-bond donors (Lipinski definition) is 2. The van der Waals surface area contributed by atoms with Gasteiger partial charge in [-0.25, -0.2) is 0 Å². The number of rotatable bonds is 4. The van der Waals surface area contributed by atoms with Crippen LogP contribution in [0.25, 0.3) is 0 Å². The Morgan fingerprint density at radius 1 is 1.45 bits per heavy atom. The van der Waals surface area contributed by atoms with Gasteiger partial charge in [0.15, 0.2) is 0 Å². The van der Waals surface area contributed by atoms with Crippen LogP contribution in [-0.2, 0) is 0 Å². The van der Waals surface area contributed by atoms with Gasteiger partial charge in [0.2, 0.25) is 0 Å². The van der Waals surface area contributed by atoms with Crippen LogP contribution in [0.1, 0.15) is 32.6 Å². The summed E-state index contributed by atoms with van der Waals surface area (Å²) in [4.78, 5) is 0. The van der Waals surface area contributed by atoms with Crippen molar-refractivity contribution in [2.45, 2.75) is 38.6 Å².